The van der Waals surface area contributed by atoms with E-state index < -0.39 is 0 Å². The first-order valence-corrected chi connectivity index (χ1v) is 4.59. The Balaban J connectivity index is 2.34. The predicted octanol–water partition coefficient (Wildman–Crippen LogP) is 2.52. The van der Waals surface area contributed by atoms with Crippen LogP contribution < -0.4 is 0 Å². The SMILES string of the molecule is O=[C]OCC=CCc1ccc(Cl)cc1. The molecule has 14 heavy (non-hydrogen) atoms. The summed E-state index contributed by atoms with van der Waals surface area (Å²) in [7, 11) is 0. The van der Waals surface area contributed by atoms with Crippen molar-refractivity contribution in [3.05, 3.63) is 47.0 Å². The minimum absolute atomic E-state index is 0.275. The van der Waals surface area contributed by atoms with Crippen molar-refractivity contribution >= 4 is 18.1 Å². The molecule has 0 saturated heterocycles. The van der Waals surface area contributed by atoms with E-state index in [9.17, 15) is 4.79 Å². The van der Waals surface area contributed by atoms with Crippen LogP contribution in [0.2, 0.25) is 5.02 Å². The zero-order chi connectivity index (χ0) is 10.2. The summed E-state index contributed by atoms with van der Waals surface area (Å²) >= 11 is 5.73. The second-order valence-electron chi connectivity index (χ2n) is 2.70. The Hall–Kier alpha value is -1.28. The van der Waals surface area contributed by atoms with Crippen LogP contribution in [-0.2, 0) is 16.0 Å². The molecular formula is C11H10ClO2. The molecule has 0 spiro atoms. The molecule has 1 rings (SSSR count). The van der Waals surface area contributed by atoms with Gasteiger partial charge in [-0.05, 0) is 24.1 Å². The lowest BCUT2D eigenvalue weighted by molar-refractivity contribution is 0.313. The average Bonchev–Trinajstić information content (AvgIpc) is 2.21. The third-order valence-corrected chi connectivity index (χ3v) is 1.92. The van der Waals surface area contributed by atoms with Gasteiger partial charge in [0.05, 0.1) is 0 Å². The van der Waals surface area contributed by atoms with Crippen molar-refractivity contribution in [1.29, 1.82) is 0 Å². The van der Waals surface area contributed by atoms with Gasteiger partial charge in [-0.2, -0.15) is 0 Å². The van der Waals surface area contributed by atoms with Crippen molar-refractivity contribution in [2.24, 2.45) is 0 Å². The number of benzene rings is 1. The molecule has 0 heterocycles. The van der Waals surface area contributed by atoms with Crippen molar-refractivity contribution in [3.63, 3.8) is 0 Å². The Morgan fingerprint density at radius 2 is 2.00 bits per heavy atom. The van der Waals surface area contributed by atoms with Gasteiger partial charge in [-0.25, -0.2) is 4.79 Å². The molecule has 0 amide bonds. The second kappa shape index (κ2) is 6.22. The Morgan fingerprint density at radius 3 is 2.64 bits per heavy atom. The normalized spacial score (nSPS) is 10.4. The van der Waals surface area contributed by atoms with Gasteiger partial charge in [-0.3, -0.25) is 0 Å². The van der Waals surface area contributed by atoms with Crippen molar-refractivity contribution in [3.8, 4) is 0 Å². The molecular weight excluding hydrogens is 200 g/mol. The number of allylic oxidation sites excluding steroid dienone is 1. The number of hydrogen-bond acceptors (Lipinski definition) is 2. The van der Waals surface area contributed by atoms with Crippen LogP contribution in [0.4, 0.5) is 0 Å². The molecule has 0 atom stereocenters. The van der Waals surface area contributed by atoms with Crippen LogP contribution in [0.1, 0.15) is 5.56 Å². The third-order valence-electron chi connectivity index (χ3n) is 1.67. The number of ether oxygens (including phenoxy) is 1. The smallest absolute Gasteiger partial charge is 0.417 e. The number of carbonyl (C=O) groups excluding carboxylic acids is 1. The second-order valence-corrected chi connectivity index (χ2v) is 3.13. The maximum Gasteiger partial charge on any atom is 0.417 e. The fraction of sp³-hybridized carbons (Fsp3) is 0.182. The molecule has 3 heteroatoms. The van der Waals surface area contributed by atoms with E-state index in [0.717, 1.165) is 11.4 Å². The Morgan fingerprint density at radius 1 is 1.29 bits per heavy atom. The minimum atomic E-state index is 0.275. The van der Waals surface area contributed by atoms with E-state index in [0.29, 0.717) is 0 Å². The molecule has 0 aliphatic carbocycles. The molecule has 0 aromatic heterocycles. The molecule has 0 aliphatic heterocycles. The summed E-state index contributed by atoms with van der Waals surface area (Å²) in [5.74, 6) is 0. The Bertz CT molecular complexity index is 304. The van der Waals surface area contributed by atoms with Crippen LogP contribution in [0, 0.1) is 0 Å². The molecule has 1 aromatic carbocycles. The van der Waals surface area contributed by atoms with Crippen molar-refractivity contribution in [2.75, 3.05) is 6.61 Å². The van der Waals surface area contributed by atoms with Gasteiger partial charge in [-0.15, -0.1) is 0 Å². The van der Waals surface area contributed by atoms with Gasteiger partial charge in [0.25, 0.3) is 0 Å². The van der Waals surface area contributed by atoms with E-state index in [1.807, 2.05) is 30.3 Å². The molecule has 0 N–H and O–H groups in total. The van der Waals surface area contributed by atoms with Crippen molar-refractivity contribution in [2.45, 2.75) is 6.42 Å². The van der Waals surface area contributed by atoms with E-state index in [-0.39, 0.29) is 6.61 Å². The fourth-order valence-corrected chi connectivity index (χ4v) is 1.12. The van der Waals surface area contributed by atoms with E-state index >= 15 is 0 Å². The zero-order valence-corrected chi connectivity index (χ0v) is 8.33. The largest absolute Gasteiger partial charge is 0.453 e. The predicted molar refractivity (Wildman–Crippen MR) is 55.9 cm³/mol. The van der Waals surface area contributed by atoms with Crippen molar-refractivity contribution in [1.82, 2.24) is 0 Å². The summed E-state index contributed by atoms with van der Waals surface area (Å²) in [6, 6.07) is 7.61. The summed E-state index contributed by atoms with van der Waals surface area (Å²) < 4.78 is 4.38. The molecule has 0 fully saturated rings. The number of rotatable bonds is 5. The maximum atomic E-state index is 9.68. The van der Waals surface area contributed by atoms with Crippen LogP contribution in [0.15, 0.2) is 36.4 Å². The molecule has 0 aliphatic rings. The fourth-order valence-electron chi connectivity index (χ4n) is 0.990. The summed E-state index contributed by atoms with van der Waals surface area (Å²) in [4.78, 5) is 9.68. The molecule has 0 saturated carbocycles. The lowest BCUT2D eigenvalue weighted by atomic mass is 10.1. The first-order chi connectivity index (χ1) is 6.83. The average molecular weight is 210 g/mol. The van der Waals surface area contributed by atoms with Crippen LogP contribution in [0.3, 0.4) is 0 Å². The first kappa shape index (κ1) is 10.8. The van der Waals surface area contributed by atoms with Crippen LogP contribution in [0.25, 0.3) is 0 Å². The zero-order valence-electron chi connectivity index (χ0n) is 7.57. The van der Waals surface area contributed by atoms with Gasteiger partial charge in [0.1, 0.15) is 6.61 Å². The monoisotopic (exact) mass is 209 g/mol. The third kappa shape index (κ3) is 4.10. The molecule has 0 bridgehead atoms. The van der Waals surface area contributed by atoms with Crippen molar-refractivity contribution < 1.29 is 9.53 Å². The maximum absolute atomic E-state index is 9.68. The van der Waals surface area contributed by atoms with E-state index in [1.54, 1.807) is 6.08 Å². The van der Waals surface area contributed by atoms with Crippen LogP contribution >= 0.6 is 11.6 Å². The van der Waals surface area contributed by atoms with E-state index in [4.69, 9.17) is 11.6 Å². The Kier molecular flexibility index (Phi) is 4.79. The summed E-state index contributed by atoms with van der Waals surface area (Å²) in [6.07, 6.45) is 4.51. The van der Waals surface area contributed by atoms with Gasteiger partial charge in [-0.1, -0.05) is 35.9 Å². The summed E-state index contributed by atoms with van der Waals surface area (Å²) in [5.41, 5.74) is 1.17. The highest BCUT2D eigenvalue weighted by Crippen LogP contribution is 2.09. The highest BCUT2D eigenvalue weighted by molar-refractivity contribution is 6.30. The lowest BCUT2D eigenvalue weighted by Gasteiger charge is -1.95. The van der Waals surface area contributed by atoms with E-state index in [2.05, 4.69) is 4.74 Å². The summed E-state index contributed by atoms with van der Waals surface area (Å²) in [5, 5.41) is 0.733. The van der Waals surface area contributed by atoms with Crippen LogP contribution in [0.5, 0.6) is 0 Å². The standard InChI is InChI=1S/C11H10ClO2/c12-11-6-4-10(5-7-11)3-1-2-8-14-9-13/h1-2,4-7H,3,8H2. The quantitative estimate of drug-likeness (QED) is 0.550. The van der Waals surface area contributed by atoms with Gasteiger partial charge in [0, 0.05) is 5.02 Å². The molecule has 1 radical (unpaired) electrons. The molecule has 1 aromatic rings. The molecule has 2 nitrogen and oxygen atoms in total. The van der Waals surface area contributed by atoms with Gasteiger partial charge in [0.2, 0.25) is 0 Å². The lowest BCUT2D eigenvalue weighted by Crippen LogP contribution is -1.86. The molecule has 0 unspecified atom stereocenters. The number of hydrogen-bond donors (Lipinski definition) is 0. The highest BCUT2D eigenvalue weighted by Gasteiger charge is 1.89. The van der Waals surface area contributed by atoms with Crippen LogP contribution in [-0.4, -0.2) is 13.1 Å². The van der Waals surface area contributed by atoms with E-state index in [1.165, 1.54) is 12.0 Å². The van der Waals surface area contributed by atoms with Gasteiger partial charge < -0.3 is 4.74 Å². The summed E-state index contributed by atoms with van der Waals surface area (Å²) in [6.45, 7) is 1.63. The number of halogens is 1. The Labute approximate surface area is 88.1 Å². The first-order valence-electron chi connectivity index (χ1n) is 4.21. The minimum Gasteiger partial charge on any atom is -0.453 e. The highest BCUT2D eigenvalue weighted by atomic mass is 35.5. The topological polar surface area (TPSA) is 26.3 Å². The van der Waals surface area contributed by atoms with Gasteiger partial charge >= 0.3 is 6.47 Å². The molecule has 73 valence electrons. The van der Waals surface area contributed by atoms with Gasteiger partial charge in [0.15, 0.2) is 0 Å².